The lowest BCUT2D eigenvalue weighted by atomic mass is 10.3. The molecule has 7 heteroatoms. The summed E-state index contributed by atoms with van der Waals surface area (Å²) in [5, 5.41) is 7.08. The number of carbonyl (C=O) groups is 1. The molecule has 22 heavy (non-hydrogen) atoms. The van der Waals surface area contributed by atoms with Gasteiger partial charge in [-0.15, -0.1) is 22.7 Å². The van der Waals surface area contributed by atoms with Crippen molar-refractivity contribution in [1.82, 2.24) is 15.3 Å². The van der Waals surface area contributed by atoms with Gasteiger partial charge in [0.15, 0.2) is 5.13 Å². The van der Waals surface area contributed by atoms with Crippen LogP contribution in [0.1, 0.15) is 34.1 Å². The molecule has 0 unspecified atom stereocenters. The number of carbonyl (C=O) groups excluding carboxylic acids is 1. The smallest absolute Gasteiger partial charge is 0.225 e. The normalized spacial score (nSPS) is 14.5. The van der Waals surface area contributed by atoms with E-state index >= 15 is 0 Å². The first-order chi connectivity index (χ1) is 10.6. The summed E-state index contributed by atoms with van der Waals surface area (Å²) >= 11 is 3.26. The number of aryl methyl sites for hydroxylation is 2. The van der Waals surface area contributed by atoms with Gasteiger partial charge < -0.3 is 10.2 Å². The van der Waals surface area contributed by atoms with Gasteiger partial charge >= 0.3 is 0 Å². The third-order valence-electron chi connectivity index (χ3n) is 3.70. The van der Waals surface area contributed by atoms with Crippen LogP contribution in [0.5, 0.6) is 0 Å². The number of anilines is 1. The third kappa shape index (κ3) is 3.64. The van der Waals surface area contributed by atoms with Crippen molar-refractivity contribution in [1.29, 1.82) is 0 Å². The average molecular weight is 336 g/mol. The molecule has 5 nitrogen and oxygen atoms in total. The van der Waals surface area contributed by atoms with Crippen LogP contribution in [0.2, 0.25) is 0 Å². The highest BCUT2D eigenvalue weighted by atomic mass is 32.1. The summed E-state index contributed by atoms with van der Waals surface area (Å²) in [6.45, 7) is 6.62. The molecule has 3 heterocycles. The van der Waals surface area contributed by atoms with Crippen molar-refractivity contribution in [3.8, 4) is 0 Å². The Morgan fingerprint density at radius 3 is 2.77 bits per heavy atom. The van der Waals surface area contributed by atoms with Crippen molar-refractivity contribution in [2.24, 2.45) is 0 Å². The van der Waals surface area contributed by atoms with Gasteiger partial charge in [0.1, 0.15) is 0 Å². The highest BCUT2D eigenvalue weighted by Gasteiger charge is 2.16. The van der Waals surface area contributed by atoms with Crippen LogP contribution in [0.4, 0.5) is 5.13 Å². The van der Waals surface area contributed by atoms with E-state index in [0.29, 0.717) is 13.0 Å². The SMILES string of the molecule is Cc1nc(C)c(CC(=O)NCc2csc(N3CCCC3)n2)s1. The summed E-state index contributed by atoms with van der Waals surface area (Å²) in [5.74, 6) is 0.0301. The van der Waals surface area contributed by atoms with E-state index in [9.17, 15) is 4.79 Å². The minimum Gasteiger partial charge on any atom is -0.350 e. The van der Waals surface area contributed by atoms with Crippen LogP contribution in [-0.2, 0) is 17.8 Å². The predicted molar refractivity (Wildman–Crippen MR) is 90.7 cm³/mol. The lowest BCUT2D eigenvalue weighted by Crippen LogP contribution is -2.24. The molecule has 0 saturated carbocycles. The number of nitrogens with one attached hydrogen (secondary N) is 1. The van der Waals surface area contributed by atoms with Crippen molar-refractivity contribution >= 4 is 33.7 Å². The van der Waals surface area contributed by atoms with E-state index in [1.54, 1.807) is 22.7 Å². The van der Waals surface area contributed by atoms with Crippen LogP contribution in [0.3, 0.4) is 0 Å². The van der Waals surface area contributed by atoms with E-state index in [-0.39, 0.29) is 5.91 Å². The molecular weight excluding hydrogens is 316 g/mol. The summed E-state index contributed by atoms with van der Waals surface area (Å²) in [5.41, 5.74) is 1.90. The fourth-order valence-electron chi connectivity index (χ4n) is 2.57. The quantitative estimate of drug-likeness (QED) is 0.912. The summed E-state index contributed by atoms with van der Waals surface area (Å²) in [6.07, 6.45) is 2.90. The van der Waals surface area contributed by atoms with E-state index in [2.05, 4.69) is 20.2 Å². The number of amides is 1. The molecule has 0 aliphatic carbocycles. The highest BCUT2D eigenvalue weighted by Crippen LogP contribution is 2.24. The molecular formula is C15H20N4OS2. The average Bonchev–Trinajstić information content (AvgIpc) is 3.19. The van der Waals surface area contributed by atoms with Crippen molar-refractivity contribution in [2.75, 3.05) is 18.0 Å². The molecule has 1 aliphatic rings. The van der Waals surface area contributed by atoms with Crippen molar-refractivity contribution in [3.05, 3.63) is 26.7 Å². The maximum atomic E-state index is 12.0. The van der Waals surface area contributed by atoms with Crippen molar-refractivity contribution in [2.45, 2.75) is 39.7 Å². The van der Waals surface area contributed by atoms with E-state index in [0.717, 1.165) is 39.5 Å². The molecule has 1 N–H and O–H groups in total. The Hall–Kier alpha value is -1.47. The number of thiazole rings is 2. The van der Waals surface area contributed by atoms with Crippen LogP contribution >= 0.6 is 22.7 Å². The van der Waals surface area contributed by atoms with Gasteiger partial charge in [0.2, 0.25) is 5.91 Å². The molecule has 3 rings (SSSR count). The van der Waals surface area contributed by atoms with Crippen molar-refractivity contribution in [3.63, 3.8) is 0 Å². The Morgan fingerprint density at radius 2 is 2.09 bits per heavy atom. The first-order valence-corrected chi connectivity index (χ1v) is 9.20. The summed E-state index contributed by atoms with van der Waals surface area (Å²) in [7, 11) is 0. The lowest BCUT2D eigenvalue weighted by molar-refractivity contribution is -0.120. The van der Waals surface area contributed by atoms with Crippen LogP contribution in [0, 0.1) is 13.8 Å². The van der Waals surface area contributed by atoms with Gasteiger partial charge in [-0.2, -0.15) is 0 Å². The third-order valence-corrected chi connectivity index (χ3v) is 5.73. The Morgan fingerprint density at radius 1 is 1.32 bits per heavy atom. The molecule has 2 aromatic heterocycles. The topological polar surface area (TPSA) is 58.1 Å². The van der Waals surface area contributed by atoms with Crippen LogP contribution in [0.25, 0.3) is 0 Å². The van der Waals surface area contributed by atoms with Crippen LogP contribution in [-0.4, -0.2) is 29.0 Å². The second-order valence-electron chi connectivity index (χ2n) is 5.51. The van der Waals surface area contributed by atoms with Gasteiger partial charge in [-0.25, -0.2) is 9.97 Å². The van der Waals surface area contributed by atoms with Gasteiger partial charge in [0.25, 0.3) is 0 Å². The zero-order valence-electron chi connectivity index (χ0n) is 12.9. The zero-order valence-corrected chi connectivity index (χ0v) is 14.5. The molecule has 0 radical (unpaired) electrons. The molecule has 1 saturated heterocycles. The maximum absolute atomic E-state index is 12.0. The molecule has 0 spiro atoms. The fourth-order valence-corrected chi connectivity index (χ4v) is 4.38. The van der Waals surface area contributed by atoms with E-state index in [1.165, 1.54) is 12.8 Å². The Labute approximate surface area is 138 Å². The van der Waals surface area contributed by atoms with Crippen LogP contribution in [0.15, 0.2) is 5.38 Å². The second-order valence-corrected chi connectivity index (χ2v) is 7.63. The number of nitrogens with zero attached hydrogens (tertiary/aromatic N) is 3. The van der Waals surface area contributed by atoms with Crippen LogP contribution < -0.4 is 10.2 Å². The molecule has 0 bridgehead atoms. The molecule has 118 valence electrons. The number of aromatic nitrogens is 2. The monoisotopic (exact) mass is 336 g/mol. The molecule has 2 aromatic rings. The van der Waals surface area contributed by atoms with Gasteiger partial charge in [-0.1, -0.05) is 0 Å². The first kappa shape index (κ1) is 15.4. The summed E-state index contributed by atoms with van der Waals surface area (Å²) in [4.78, 5) is 24.4. The summed E-state index contributed by atoms with van der Waals surface area (Å²) < 4.78 is 0. The molecule has 0 atom stereocenters. The Balaban J connectivity index is 1.51. The van der Waals surface area contributed by atoms with Crippen molar-refractivity contribution < 1.29 is 4.79 Å². The Kier molecular flexibility index (Phi) is 4.73. The number of hydrogen-bond donors (Lipinski definition) is 1. The van der Waals surface area contributed by atoms with Gasteiger partial charge in [-0.3, -0.25) is 4.79 Å². The largest absolute Gasteiger partial charge is 0.350 e. The predicted octanol–water partition coefficient (Wildman–Crippen LogP) is 2.68. The number of hydrogen-bond acceptors (Lipinski definition) is 6. The minimum absolute atomic E-state index is 0.0301. The Bertz CT molecular complexity index is 658. The maximum Gasteiger partial charge on any atom is 0.225 e. The van der Waals surface area contributed by atoms with Gasteiger partial charge in [0.05, 0.1) is 29.4 Å². The number of rotatable bonds is 5. The summed E-state index contributed by atoms with van der Waals surface area (Å²) in [6, 6.07) is 0. The zero-order chi connectivity index (χ0) is 15.5. The molecule has 1 aliphatic heterocycles. The fraction of sp³-hybridized carbons (Fsp3) is 0.533. The highest BCUT2D eigenvalue weighted by molar-refractivity contribution is 7.13. The van der Waals surface area contributed by atoms with E-state index < -0.39 is 0 Å². The molecule has 1 fully saturated rings. The standard InChI is InChI=1S/C15H20N4OS2/c1-10-13(22-11(2)17-10)7-14(20)16-8-12-9-21-15(18-12)19-5-3-4-6-19/h9H,3-8H2,1-2H3,(H,16,20). The second kappa shape index (κ2) is 6.75. The van der Waals surface area contributed by atoms with E-state index in [1.807, 2.05) is 19.2 Å². The van der Waals surface area contributed by atoms with Gasteiger partial charge in [-0.05, 0) is 26.7 Å². The minimum atomic E-state index is 0.0301. The van der Waals surface area contributed by atoms with E-state index in [4.69, 9.17) is 0 Å². The van der Waals surface area contributed by atoms with Gasteiger partial charge in [0, 0.05) is 23.3 Å². The molecule has 1 amide bonds. The lowest BCUT2D eigenvalue weighted by Gasteiger charge is -2.12. The first-order valence-electron chi connectivity index (χ1n) is 7.51. The molecule has 0 aromatic carbocycles.